The van der Waals surface area contributed by atoms with Crippen molar-refractivity contribution in [1.82, 2.24) is 0 Å². The Labute approximate surface area is 106 Å². The number of hydrogen-bond acceptors (Lipinski definition) is 2. The SMILES string of the molecule is COc1ccc(Cc2ccccc2F)cc1OC. The highest BCUT2D eigenvalue weighted by Gasteiger charge is 2.07. The lowest BCUT2D eigenvalue weighted by molar-refractivity contribution is 0.354. The summed E-state index contributed by atoms with van der Waals surface area (Å²) < 4.78 is 23.9. The molecule has 94 valence electrons. The van der Waals surface area contributed by atoms with Gasteiger partial charge in [-0.15, -0.1) is 0 Å². The number of methoxy groups -OCH3 is 2. The zero-order chi connectivity index (χ0) is 13.0. The molecule has 0 aliphatic carbocycles. The third-order valence-electron chi connectivity index (χ3n) is 2.80. The van der Waals surface area contributed by atoms with Crippen molar-refractivity contribution >= 4 is 0 Å². The monoisotopic (exact) mass is 246 g/mol. The number of halogens is 1. The quantitative estimate of drug-likeness (QED) is 0.822. The Morgan fingerprint density at radius 3 is 2.33 bits per heavy atom. The molecule has 0 fully saturated rings. The predicted octanol–water partition coefficient (Wildman–Crippen LogP) is 3.43. The summed E-state index contributed by atoms with van der Waals surface area (Å²) in [5.41, 5.74) is 1.66. The first-order valence-corrected chi connectivity index (χ1v) is 5.69. The average molecular weight is 246 g/mol. The van der Waals surface area contributed by atoms with E-state index in [1.165, 1.54) is 6.07 Å². The molecule has 2 nitrogen and oxygen atoms in total. The first kappa shape index (κ1) is 12.4. The van der Waals surface area contributed by atoms with Crippen LogP contribution in [-0.4, -0.2) is 14.2 Å². The Kier molecular flexibility index (Phi) is 3.82. The Morgan fingerprint density at radius 1 is 0.944 bits per heavy atom. The lowest BCUT2D eigenvalue weighted by Crippen LogP contribution is -1.95. The van der Waals surface area contributed by atoms with Gasteiger partial charge in [0.05, 0.1) is 14.2 Å². The second kappa shape index (κ2) is 5.54. The summed E-state index contributed by atoms with van der Waals surface area (Å²) in [4.78, 5) is 0. The molecule has 0 N–H and O–H groups in total. The molecule has 2 rings (SSSR count). The topological polar surface area (TPSA) is 18.5 Å². The standard InChI is InChI=1S/C15H15FO2/c1-17-14-8-7-11(10-15(14)18-2)9-12-5-3-4-6-13(12)16/h3-8,10H,9H2,1-2H3. The summed E-state index contributed by atoms with van der Waals surface area (Å²) in [6, 6.07) is 12.4. The second-order valence-corrected chi connectivity index (χ2v) is 3.96. The van der Waals surface area contributed by atoms with Crippen molar-refractivity contribution in [2.75, 3.05) is 14.2 Å². The first-order chi connectivity index (χ1) is 8.74. The van der Waals surface area contributed by atoms with Crippen LogP contribution in [0.4, 0.5) is 4.39 Å². The molecule has 0 bridgehead atoms. The fraction of sp³-hybridized carbons (Fsp3) is 0.200. The van der Waals surface area contributed by atoms with Crippen LogP contribution in [0.25, 0.3) is 0 Å². The lowest BCUT2D eigenvalue weighted by atomic mass is 10.0. The van der Waals surface area contributed by atoms with Crippen molar-refractivity contribution in [3.8, 4) is 11.5 Å². The molecular formula is C15H15FO2. The van der Waals surface area contributed by atoms with Gasteiger partial charge in [0, 0.05) is 6.42 Å². The molecule has 0 radical (unpaired) electrons. The minimum atomic E-state index is -0.188. The zero-order valence-electron chi connectivity index (χ0n) is 10.4. The molecule has 2 aromatic rings. The maximum absolute atomic E-state index is 13.5. The third kappa shape index (κ3) is 2.62. The smallest absolute Gasteiger partial charge is 0.160 e. The van der Waals surface area contributed by atoms with Crippen LogP contribution >= 0.6 is 0 Å². The highest BCUT2D eigenvalue weighted by atomic mass is 19.1. The highest BCUT2D eigenvalue weighted by molar-refractivity contribution is 5.44. The third-order valence-corrected chi connectivity index (χ3v) is 2.80. The van der Waals surface area contributed by atoms with E-state index >= 15 is 0 Å². The molecular weight excluding hydrogens is 231 g/mol. The summed E-state index contributed by atoms with van der Waals surface area (Å²) in [5, 5.41) is 0. The van der Waals surface area contributed by atoms with Crippen LogP contribution in [0, 0.1) is 5.82 Å². The Bertz CT molecular complexity index is 538. The molecule has 0 aliphatic heterocycles. The molecule has 2 aromatic carbocycles. The predicted molar refractivity (Wildman–Crippen MR) is 68.8 cm³/mol. The Hall–Kier alpha value is -2.03. The minimum absolute atomic E-state index is 0.188. The van der Waals surface area contributed by atoms with Crippen molar-refractivity contribution in [1.29, 1.82) is 0 Å². The van der Waals surface area contributed by atoms with Crippen molar-refractivity contribution < 1.29 is 13.9 Å². The maximum Gasteiger partial charge on any atom is 0.160 e. The van der Waals surface area contributed by atoms with E-state index in [2.05, 4.69) is 0 Å². The Balaban J connectivity index is 2.27. The van der Waals surface area contributed by atoms with E-state index in [1.54, 1.807) is 26.4 Å². The number of hydrogen-bond donors (Lipinski definition) is 0. The van der Waals surface area contributed by atoms with E-state index in [-0.39, 0.29) is 5.82 Å². The van der Waals surface area contributed by atoms with Crippen LogP contribution in [-0.2, 0) is 6.42 Å². The summed E-state index contributed by atoms with van der Waals surface area (Å²) in [6.07, 6.45) is 0.535. The van der Waals surface area contributed by atoms with Gasteiger partial charge in [0.2, 0.25) is 0 Å². The van der Waals surface area contributed by atoms with Crippen molar-refractivity contribution in [2.24, 2.45) is 0 Å². The fourth-order valence-corrected chi connectivity index (χ4v) is 1.85. The molecule has 0 atom stereocenters. The molecule has 0 aliphatic rings. The van der Waals surface area contributed by atoms with E-state index in [0.717, 1.165) is 5.56 Å². The van der Waals surface area contributed by atoms with Crippen LogP contribution in [0.5, 0.6) is 11.5 Å². The number of benzene rings is 2. The van der Waals surface area contributed by atoms with Crippen LogP contribution in [0.2, 0.25) is 0 Å². The largest absolute Gasteiger partial charge is 0.493 e. The molecule has 3 heteroatoms. The van der Waals surface area contributed by atoms with Gasteiger partial charge in [-0.2, -0.15) is 0 Å². The summed E-state index contributed by atoms with van der Waals surface area (Å²) in [7, 11) is 3.18. The molecule has 0 saturated heterocycles. The Morgan fingerprint density at radius 2 is 1.67 bits per heavy atom. The summed E-state index contributed by atoms with van der Waals surface area (Å²) in [5.74, 6) is 1.15. The van der Waals surface area contributed by atoms with Gasteiger partial charge in [-0.05, 0) is 29.3 Å². The van der Waals surface area contributed by atoms with Gasteiger partial charge in [-0.3, -0.25) is 0 Å². The minimum Gasteiger partial charge on any atom is -0.493 e. The van der Waals surface area contributed by atoms with Gasteiger partial charge in [-0.1, -0.05) is 24.3 Å². The molecule has 0 aromatic heterocycles. The molecule has 0 spiro atoms. The number of rotatable bonds is 4. The highest BCUT2D eigenvalue weighted by Crippen LogP contribution is 2.28. The zero-order valence-corrected chi connectivity index (χ0v) is 10.4. The van der Waals surface area contributed by atoms with Crippen LogP contribution in [0.3, 0.4) is 0 Å². The normalized spacial score (nSPS) is 10.2. The van der Waals surface area contributed by atoms with Crippen LogP contribution in [0.1, 0.15) is 11.1 Å². The number of ether oxygens (including phenoxy) is 2. The van der Waals surface area contributed by atoms with Gasteiger partial charge in [0.15, 0.2) is 11.5 Å². The first-order valence-electron chi connectivity index (χ1n) is 5.69. The van der Waals surface area contributed by atoms with Gasteiger partial charge >= 0.3 is 0 Å². The lowest BCUT2D eigenvalue weighted by Gasteiger charge is -2.10. The molecule has 0 saturated carbocycles. The second-order valence-electron chi connectivity index (χ2n) is 3.96. The van der Waals surface area contributed by atoms with Gasteiger partial charge in [0.25, 0.3) is 0 Å². The van der Waals surface area contributed by atoms with E-state index in [0.29, 0.717) is 23.5 Å². The average Bonchev–Trinajstić information content (AvgIpc) is 2.41. The van der Waals surface area contributed by atoms with Gasteiger partial charge in [-0.25, -0.2) is 4.39 Å². The molecule has 0 amide bonds. The van der Waals surface area contributed by atoms with Crippen molar-refractivity contribution in [3.63, 3.8) is 0 Å². The maximum atomic E-state index is 13.5. The molecule has 18 heavy (non-hydrogen) atoms. The van der Waals surface area contributed by atoms with Crippen LogP contribution < -0.4 is 9.47 Å². The van der Waals surface area contributed by atoms with Gasteiger partial charge in [0.1, 0.15) is 5.82 Å². The summed E-state index contributed by atoms with van der Waals surface area (Å²) >= 11 is 0. The summed E-state index contributed by atoms with van der Waals surface area (Å²) in [6.45, 7) is 0. The van der Waals surface area contributed by atoms with Crippen molar-refractivity contribution in [3.05, 3.63) is 59.4 Å². The molecule has 0 heterocycles. The van der Waals surface area contributed by atoms with E-state index < -0.39 is 0 Å². The van der Waals surface area contributed by atoms with E-state index in [9.17, 15) is 4.39 Å². The molecule has 0 unspecified atom stereocenters. The van der Waals surface area contributed by atoms with Gasteiger partial charge < -0.3 is 9.47 Å². The van der Waals surface area contributed by atoms with E-state index in [1.807, 2.05) is 24.3 Å². The fourth-order valence-electron chi connectivity index (χ4n) is 1.85. The van der Waals surface area contributed by atoms with Crippen LogP contribution in [0.15, 0.2) is 42.5 Å². The van der Waals surface area contributed by atoms with E-state index in [4.69, 9.17) is 9.47 Å². The van der Waals surface area contributed by atoms with Crippen molar-refractivity contribution in [2.45, 2.75) is 6.42 Å².